The molecule has 1 unspecified atom stereocenters. The minimum Gasteiger partial charge on any atom is -0.349 e. The third-order valence-electron chi connectivity index (χ3n) is 4.28. The van der Waals surface area contributed by atoms with E-state index in [0.717, 1.165) is 25.7 Å². The first-order valence-electron chi connectivity index (χ1n) is 7.36. The van der Waals surface area contributed by atoms with Crippen LogP contribution in [0.2, 0.25) is 0 Å². The van der Waals surface area contributed by atoms with Gasteiger partial charge in [0.2, 0.25) is 5.91 Å². The average Bonchev–Trinajstić information content (AvgIpc) is 2.47. The van der Waals surface area contributed by atoms with Crippen LogP contribution in [0, 0.1) is 17.7 Å². The number of rotatable bonds is 4. The fourth-order valence-electron chi connectivity index (χ4n) is 2.90. The van der Waals surface area contributed by atoms with Gasteiger partial charge in [0.15, 0.2) is 0 Å². The summed E-state index contributed by atoms with van der Waals surface area (Å²) in [6, 6.07) is 6.28. The largest absolute Gasteiger partial charge is 0.349 e. The number of benzene rings is 1. The number of nitrogens with one attached hydrogen (secondary N) is 1. The molecule has 0 radical (unpaired) electrons. The van der Waals surface area contributed by atoms with Crippen LogP contribution in [0.25, 0.3) is 0 Å². The van der Waals surface area contributed by atoms with Crippen LogP contribution in [0.15, 0.2) is 24.3 Å². The van der Waals surface area contributed by atoms with Gasteiger partial charge in [0.25, 0.3) is 0 Å². The Bertz CT molecular complexity index is 456. The monoisotopic (exact) mass is 278 g/mol. The second-order valence-corrected chi connectivity index (χ2v) is 5.71. The number of nitrogens with two attached hydrogens (primary N) is 1. The highest BCUT2D eigenvalue weighted by atomic mass is 19.1. The molecule has 0 aliphatic heterocycles. The molecular formula is C16H23FN2O. The second-order valence-electron chi connectivity index (χ2n) is 5.71. The van der Waals surface area contributed by atoms with Gasteiger partial charge in [-0.05, 0) is 51.1 Å². The van der Waals surface area contributed by atoms with E-state index in [1.165, 1.54) is 6.07 Å². The van der Waals surface area contributed by atoms with Gasteiger partial charge in [-0.2, -0.15) is 0 Å². The van der Waals surface area contributed by atoms with E-state index in [2.05, 4.69) is 5.32 Å². The molecular weight excluding hydrogens is 255 g/mol. The molecule has 4 heteroatoms. The minimum atomic E-state index is -0.295. The van der Waals surface area contributed by atoms with E-state index in [9.17, 15) is 9.18 Å². The van der Waals surface area contributed by atoms with Gasteiger partial charge in [-0.3, -0.25) is 4.79 Å². The summed E-state index contributed by atoms with van der Waals surface area (Å²) < 4.78 is 13.7. The molecule has 0 spiro atoms. The molecule has 1 aromatic carbocycles. The summed E-state index contributed by atoms with van der Waals surface area (Å²) in [4.78, 5) is 12.2. The smallest absolute Gasteiger partial charge is 0.223 e. The summed E-state index contributed by atoms with van der Waals surface area (Å²) in [5, 5.41) is 2.93. The number of carbonyl (C=O) groups excluding carboxylic acids is 1. The van der Waals surface area contributed by atoms with Gasteiger partial charge in [0.05, 0.1) is 6.04 Å². The molecule has 0 heterocycles. The van der Waals surface area contributed by atoms with E-state index in [4.69, 9.17) is 5.73 Å². The van der Waals surface area contributed by atoms with Gasteiger partial charge in [-0.1, -0.05) is 18.2 Å². The normalized spacial score (nSPS) is 24.1. The van der Waals surface area contributed by atoms with Crippen molar-refractivity contribution in [3.05, 3.63) is 35.6 Å². The van der Waals surface area contributed by atoms with Crippen LogP contribution in [0.1, 0.15) is 44.2 Å². The molecule has 1 aromatic rings. The predicted octanol–water partition coefficient (Wildman–Crippen LogP) is 2.77. The zero-order chi connectivity index (χ0) is 14.5. The van der Waals surface area contributed by atoms with Gasteiger partial charge >= 0.3 is 0 Å². The van der Waals surface area contributed by atoms with Gasteiger partial charge in [-0.15, -0.1) is 0 Å². The van der Waals surface area contributed by atoms with Crippen molar-refractivity contribution in [3.8, 4) is 0 Å². The van der Waals surface area contributed by atoms with Crippen molar-refractivity contribution < 1.29 is 9.18 Å². The van der Waals surface area contributed by atoms with Crippen molar-refractivity contribution >= 4 is 5.91 Å². The quantitative estimate of drug-likeness (QED) is 0.889. The van der Waals surface area contributed by atoms with Crippen molar-refractivity contribution in [1.82, 2.24) is 5.32 Å². The zero-order valence-electron chi connectivity index (χ0n) is 11.9. The van der Waals surface area contributed by atoms with Crippen molar-refractivity contribution in [1.29, 1.82) is 0 Å². The zero-order valence-corrected chi connectivity index (χ0v) is 11.9. The van der Waals surface area contributed by atoms with Crippen LogP contribution in [0.4, 0.5) is 4.39 Å². The summed E-state index contributed by atoms with van der Waals surface area (Å²) in [5.41, 5.74) is 6.19. The number of carbonyl (C=O) groups is 1. The average molecular weight is 278 g/mol. The Kier molecular flexibility index (Phi) is 5.12. The molecule has 3 nitrogen and oxygen atoms in total. The molecule has 110 valence electrons. The van der Waals surface area contributed by atoms with Crippen LogP contribution < -0.4 is 11.1 Å². The molecule has 1 aliphatic rings. The molecule has 1 atom stereocenters. The van der Waals surface area contributed by atoms with Crippen molar-refractivity contribution in [2.45, 2.75) is 38.6 Å². The highest BCUT2D eigenvalue weighted by molar-refractivity contribution is 5.79. The summed E-state index contributed by atoms with van der Waals surface area (Å²) in [7, 11) is 0. The van der Waals surface area contributed by atoms with E-state index < -0.39 is 0 Å². The van der Waals surface area contributed by atoms with Gasteiger partial charge < -0.3 is 11.1 Å². The van der Waals surface area contributed by atoms with Crippen LogP contribution in [0.5, 0.6) is 0 Å². The van der Waals surface area contributed by atoms with Gasteiger partial charge in [0, 0.05) is 11.5 Å². The summed E-state index contributed by atoms with van der Waals surface area (Å²) in [5.74, 6) is 0.374. The molecule has 0 saturated heterocycles. The molecule has 20 heavy (non-hydrogen) atoms. The Morgan fingerprint density at radius 3 is 2.60 bits per heavy atom. The number of halogens is 1. The molecule has 0 bridgehead atoms. The maximum Gasteiger partial charge on any atom is 0.223 e. The topological polar surface area (TPSA) is 55.1 Å². The van der Waals surface area contributed by atoms with Gasteiger partial charge in [0.1, 0.15) is 5.82 Å². The first-order chi connectivity index (χ1) is 9.61. The fraction of sp³-hybridized carbons (Fsp3) is 0.562. The summed E-state index contributed by atoms with van der Waals surface area (Å²) in [6.45, 7) is 2.53. The third-order valence-corrected chi connectivity index (χ3v) is 4.28. The van der Waals surface area contributed by atoms with Crippen LogP contribution >= 0.6 is 0 Å². The molecule has 1 fully saturated rings. The van der Waals surface area contributed by atoms with E-state index in [-0.39, 0.29) is 23.7 Å². The van der Waals surface area contributed by atoms with Crippen LogP contribution in [-0.2, 0) is 4.79 Å². The van der Waals surface area contributed by atoms with Crippen molar-refractivity contribution in [2.75, 3.05) is 6.54 Å². The lowest BCUT2D eigenvalue weighted by atomic mass is 9.81. The van der Waals surface area contributed by atoms with E-state index in [1.807, 2.05) is 6.92 Å². The Labute approximate surface area is 119 Å². The third kappa shape index (κ3) is 3.57. The minimum absolute atomic E-state index is 0.0382. The summed E-state index contributed by atoms with van der Waals surface area (Å²) >= 11 is 0. The molecule has 1 saturated carbocycles. The van der Waals surface area contributed by atoms with Crippen molar-refractivity contribution in [3.63, 3.8) is 0 Å². The van der Waals surface area contributed by atoms with Crippen LogP contribution in [-0.4, -0.2) is 12.5 Å². The Morgan fingerprint density at radius 1 is 1.35 bits per heavy atom. The molecule has 2 rings (SSSR count). The first-order valence-corrected chi connectivity index (χ1v) is 7.36. The molecule has 0 aromatic heterocycles. The SMILES string of the molecule is CC(NC(=O)C1CCC(CN)CC1)c1ccccc1F. The lowest BCUT2D eigenvalue weighted by Crippen LogP contribution is -2.35. The van der Waals surface area contributed by atoms with Crippen molar-refractivity contribution in [2.24, 2.45) is 17.6 Å². The van der Waals surface area contributed by atoms with Crippen LogP contribution in [0.3, 0.4) is 0 Å². The van der Waals surface area contributed by atoms with Gasteiger partial charge in [-0.25, -0.2) is 4.39 Å². The maximum absolute atomic E-state index is 13.7. The number of amides is 1. The Hall–Kier alpha value is -1.42. The molecule has 1 aliphatic carbocycles. The molecule has 3 N–H and O–H groups in total. The standard InChI is InChI=1S/C16H23FN2O/c1-11(14-4-2-3-5-15(14)17)19-16(20)13-8-6-12(10-18)7-9-13/h2-5,11-13H,6-10,18H2,1H3,(H,19,20). The lowest BCUT2D eigenvalue weighted by Gasteiger charge is -2.28. The predicted molar refractivity (Wildman–Crippen MR) is 77.5 cm³/mol. The maximum atomic E-state index is 13.7. The van der Waals surface area contributed by atoms with E-state index >= 15 is 0 Å². The second kappa shape index (κ2) is 6.84. The first kappa shape index (κ1) is 15.0. The highest BCUT2D eigenvalue weighted by Gasteiger charge is 2.26. The molecule has 1 amide bonds. The lowest BCUT2D eigenvalue weighted by molar-refractivity contribution is -0.126. The fourth-order valence-corrected chi connectivity index (χ4v) is 2.90. The van der Waals surface area contributed by atoms with E-state index in [1.54, 1.807) is 18.2 Å². The number of hydrogen-bond donors (Lipinski definition) is 2. The van der Waals surface area contributed by atoms with E-state index in [0.29, 0.717) is 18.0 Å². The summed E-state index contributed by atoms with van der Waals surface area (Å²) in [6.07, 6.45) is 3.81. The number of hydrogen-bond acceptors (Lipinski definition) is 2. The Balaban J connectivity index is 1.90. The Morgan fingerprint density at radius 2 is 2.00 bits per heavy atom. The highest BCUT2D eigenvalue weighted by Crippen LogP contribution is 2.29.